The van der Waals surface area contributed by atoms with Crippen molar-refractivity contribution in [2.75, 3.05) is 19.8 Å². The Balaban J connectivity index is 1.70. The van der Waals surface area contributed by atoms with Crippen molar-refractivity contribution in [1.82, 2.24) is 5.32 Å². The molecule has 12 atom stereocenters. The lowest BCUT2D eigenvalue weighted by Gasteiger charge is -2.46. The van der Waals surface area contributed by atoms with Gasteiger partial charge in [0, 0.05) is 6.42 Å². The minimum atomic E-state index is -1.80. The van der Waals surface area contributed by atoms with E-state index in [4.69, 9.17) is 18.9 Å². The van der Waals surface area contributed by atoms with Crippen molar-refractivity contribution in [3.8, 4) is 0 Å². The van der Waals surface area contributed by atoms with E-state index in [9.17, 15) is 45.6 Å². The third kappa shape index (κ3) is 41.7. The minimum absolute atomic E-state index is 0.254. The number of aliphatic hydroxyl groups excluding tert-OH is 8. The molecule has 0 aliphatic carbocycles. The normalized spacial score (nSPS) is 23.6. The summed E-state index contributed by atoms with van der Waals surface area (Å²) in [5, 5.41) is 87.4. The molecule has 2 aliphatic rings. The molecule has 87 heavy (non-hydrogen) atoms. The quantitative estimate of drug-likeness (QED) is 0.0204. The molecule has 0 radical (unpaired) electrons. The molecule has 14 nitrogen and oxygen atoms in total. The zero-order chi connectivity index (χ0) is 63.1. The van der Waals surface area contributed by atoms with Gasteiger partial charge in [0.2, 0.25) is 5.91 Å². The number of unbranched alkanes of at least 4 members (excludes halogenated alkanes) is 38. The molecule has 2 aliphatic heterocycles. The van der Waals surface area contributed by atoms with Crippen LogP contribution >= 0.6 is 0 Å². The first-order chi connectivity index (χ1) is 42.6. The van der Waals surface area contributed by atoms with E-state index in [0.29, 0.717) is 12.8 Å². The summed E-state index contributed by atoms with van der Waals surface area (Å²) in [4.78, 5) is 13.3. The maximum absolute atomic E-state index is 13.3. The predicted molar refractivity (Wildman–Crippen MR) is 355 cm³/mol. The van der Waals surface area contributed by atoms with Gasteiger partial charge in [0.15, 0.2) is 12.6 Å². The van der Waals surface area contributed by atoms with Crippen LogP contribution in [-0.2, 0) is 23.7 Å². The number of amides is 1. The summed E-state index contributed by atoms with van der Waals surface area (Å²) in [7, 11) is 0. The van der Waals surface area contributed by atoms with Crippen LogP contribution in [-0.4, -0.2) is 140 Å². The summed E-state index contributed by atoms with van der Waals surface area (Å²) in [5.41, 5.74) is 0. The molecule has 2 rings (SSSR count). The summed E-state index contributed by atoms with van der Waals surface area (Å²) in [6.07, 6.45) is 60.0. The van der Waals surface area contributed by atoms with Crippen molar-refractivity contribution in [3.63, 3.8) is 0 Å². The Bertz CT molecular complexity index is 1690. The van der Waals surface area contributed by atoms with Crippen LogP contribution in [0.1, 0.15) is 303 Å². The third-order valence-corrected chi connectivity index (χ3v) is 17.4. The van der Waals surface area contributed by atoms with Crippen molar-refractivity contribution in [3.05, 3.63) is 60.8 Å². The first-order valence-corrected chi connectivity index (χ1v) is 36.0. The molecule has 14 heteroatoms. The molecular formula is C73H133NO13. The highest BCUT2D eigenvalue weighted by Gasteiger charge is 2.51. The predicted octanol–water partition coefficient (Wildman–Crippen LogP) is 14.8. The fourth-order valence-electron chi connectivity index (χ4n) is 11.7. The summed E-state index contributed by atoms with van der Waals surface area (Å²) < 4.78 is 22.8. The Morgan fingerprint density at radius 1 is 0.414 bits per heavy atom. The number of rotatable bonds is 59. The van der Waals surface area contributed by atoms with Gasteiger partial charge in [-0.25, -0.2) is 0 Å². The molecule has 0 aromatic rings. The smallest absolute Gasteiger partial charge is 0.220 e. The number of carbonyl (C=O) groups is 1. The van der Waals surface area contributed by atoms with Gasteiger partial charge in [0.05, 0.1) is 32.0 Å². The second kappa shape index (κ2) is 57.6. The lowest BCUT2D eigenvalue weighted by atomic mass is 9.97. The Labute approximate surface area is 530 Å². The maximum atomic E-state index is 13.3. The van der Waals surface area contributed by atoms with Gasteiger partial charge in [0.25, 0.3) is 0 Å². The summed E-state index contributed by atoms with van der Waals surface area (Å²) in [6, 6.07) is -0.943. The molecule has 2 heterocycles. The van der Waals surface area contributed by atoms with Crippen LogP contribution < -0.4 is 5.32 Å². The minimum Gasteiger partial charge on any atom is -0.394 e. The molecule has 12 unspecified atom stereocenters. The average Bonchev–Trinajstić information content (AvgIpc) is 2.33. The van der Waals surface area contributed by atoms with Gasteiger partial charge < -0.3 is 65.1 Å². The fourth-order valence-corrected chi connectivity index (χ4v) is 11.7. The van der Waals surface area contributed by atoms with Crippen LogP contribution in [0.4, 0.5) is 0 Å². The number of hydrogen-bond acceptors (Lipinski definition) is 13. The Hall–Kier alpha value is -2.31. The molecular weight excluding hydrogens is 1100 g/mol. The Morgan fingerprint density at radius 2 is 0.770 bits per heavy atom. The number of carbonyl (C=O) groups excluding carboxylic acids is 1. The molecule has 0 aromatic heterocycles. The molecule has 0 spiro atoms. The van der Waals surface area contributed by atoms with Gasteiger partial charge in [-0.3, -0.25) is 4.79 Å². The van der Waals surface area contributed by atoms with Crippen molar-refractivity contribution >= 4 is 5.91 Å². The molecule has 2 fully saturated rings. The first-order valence-electron chi connectivity index (χ1n) is 36.0. The number of allylic oxidation sites excluding steroid dienone is 9. The highest BCUT2D eigenvalue weighted by atomic mass is 16.7. The van der Waals surface area contributed by atoms with Crippen LogP contribution in [0.3, 0.4) is 0 Å². The second-order valence-electron chi connectivity index (χ2n) is 25.3. The molecule has 1 amide bonds. The third-order valence-electron chi connectivity index (χ3n) is 17.4. The number of ether oxygens (including phenoxy) is 4. The van der Waals surface area contributed by atoms with Gasteiger partial charge >= 0.3 is 0 Å². The highest BCUT2D eigenvalue weighted by Crippen LogP contribution is 2.30. The van der Waals surface area contributed by atoms with Crippen molar-refractivity contribution in [1.29, 1.82) is 0 Å². The van der Waals surface area contributed by atoms with Gasteiger partial charge in [-0.05, 0) is 77.0 Å². The summed E-state index contributed by atoms with van der Waals surface area (Å²) in [6.45, 7) is 2.80. The summed E-state index contributed by atoms with van der Waals surface area (Å²) in [5.74, 6) is -0.254. The first kappa shape index (κ1) is 80.8. The Kier molecular flexibility index (Phi) is 53.5. The van der Waals surface area contributed by atoms with Crippen LogP contribution in [0.15, 0.2) is 60.8 Å². The zero-order valence-electron chi connectivity index (χ0n) is 55.3. The molecule has 2 saturated heterocycles. The van der Waals surface area contributed by atoms with Crippen LogP contribution in [0.2, 0.25) is 0 Å². The standard InChI is InChI=1S/C73H133NO13/c1-3-5-7-9-11-13-15-17-19-21-23-25-27-28-29-30-31-32-33-35-36-38-40-42-44-46-48-50-52-54-56-62(77)61(60-84-72-70(83)68(81)71(64(59-76)86-72)87-73-69(82)67(80)66(79)63(58-75)85-73)74-65(78)57-55-53-51-49-47-45-43-41-39-37-34-26-24-22-20-18-16-14-12-10-8-6-4-2/h16,18,22,24,38,40,46,48,54,56,61-64,66-73,75-77,79-83H,3-15,17,19-21,23,25-37,39,41-45,47,49-53,55,57-60H2,1-2H3,(H,74,78)/b18-16-,24-22-,40-38+,48-46+,56-54+. The molecule has 0 bridgehead atoms. The van der Waals surface area contributed by atoms with Crippen molar-refractivity contribution in [2.45, 2.75) is 376 Å². The largest absolute Gasteiger partial charge is 0.394 e. The van der Waals surface area contributed by atoms with Crippen molar-refractivity contribution < 1.29 is 64.6 Å². The highest BCUT2D eigenvalue weighted by molar-refractivity contribution is 5.76. The van der Waals surface area contributed by atoms with E-state index in [-0.39, 0.29) is 18.9 Å². The lowest BCUT2D eigenvalue weighted by Crippen LogP contribution is -2.65. The van der Waals surface area contributed by atoms with E-state index in [1.807, 2.05) is 6.08 Å². The molecule has 508 valence electrons. The molecule has 0 aromatic carbocycles. The SMILES string of the molecule is CCCCCCC/C=C\C/C=C\CCCCCCCCCCCCCC(=O)NC(COC1OC(CO)C(OC2OC(CO)C(O)C(O)C2O)C(O)C1O)C(O)/C=C/CC/C=C/CC/C=C/CCCCCCCCCCCCCCCCCCCCCC. The zero-order valence-corrected chi connectivity index (χ0v) is 55.3. The topological polar surface area (TPSA) is 228 Å². The van der Waals surface area contributed by atoms with E-state index in [1.54, 1.807) is 6.08 Å². The summed E-state index contributed by atoms with van der Waals surface area (Å²) >= 11 is 0. The molecule has 0 saturated carbocycles. The lowest BCUT2D eigenvalue weighted by molar-refractivity contribution is -0.359. The van der Waals surface area contributed by atoms with Gasteiger partial charge in [-0.1, -0.05) is 280 Å². The fraction of sp³-hybridized carbons (Fsp3) is 0.849. The second-order valence-corrected chi connectivity index (χ2v) is 25.3. The van der Waals surface area contributed by atoms with Crippen LogP contribution in [0, 0.1) is 0 Å². The van der Waals surface area contributed by atoms with Crippen LogP contribution in [0.25, 0.3) is 0 Å². The monoisotopic (exact) mass is 1230 g/mol. The Morgan fingerprint density at radius 3 is 1.20 bits per heavy atom. The van der Waals surface area contributed by atoms with Crippen LogP contribution in [0.5, 0.6) is 0 Å². The van der Waals surface area contributed by atoms with Crippen molar-refractivity contribution in [2.24, 2.45) is 0 Å². The van der Waals surface area contributed by atoms with E-state index in [2.05, 4.69) is 67.8 Å². The van der Waals surface area contributed by atoms with E-state index in [0.717, 1.165) is 51.4 Å². The van der Waals surface area contributed by atoms with E-state index < -0.39 is 86.8 Å². The van der Waals surface area contributed by atoms with E-state index in [1.165, 1.54) is 218 Å². The van der Waals surface area contributed by atoms with E-state index >= 15 is 0 Å². The van der Waals surface area contributed by atoms with Gasteiger partial charge in [-0.15, -0.1) is 0 Å². The number of nitrogens with one attached hydrogen (secondary N) is 1. The molecule has 9 N–H and O–H groups in total. The maximum Gasteiger partial charge on any atom is 0.220 e. The van der Waals surface area contributed by atoms with Gasteiger partial charge in [0.1, 0.15) is 48.8 Å². The average molecular weight is 1230 g/mol. The van der Waals surface area contributed by atoms with Gasteiger partial charge in [-0.2, -0.15) is 0 Å². The number of hydrogen-bond donors (Lipinski definition) is 9. The number of aliphatic hydroxyl groups is 8.